The van der Waals surface area contributed by atoms with Crippen LogP contribution < -0.4 is 0 Å². The maximum Gasteiger partial charge on any atom is 0.135 e. The van der Waals surface area contributed by atoms with Gasteiger partial charge in [0.1, 0.15) is 5.78 Å². The van der Waals surface area contributed by atoms with Crippen LogP contribution in [-0.4, -0.2) is 15.6 Å². The number of ketones is 1. The van der Waals surface area contributed by atoms with E-state index in [0.717, 1.165) is 18.5 Å². The summed E-state index contributed by atoms with van der Waals surface area (Å²) in [5.74, 6) is 0.368. The second-order valence-electron chi connectivity index (χ2n) is 5.18. The molecule has 1 aromatic rings. The monoisotopic (exact) mass is 206 g/mol. The van der Waals surface area contributed by atoms with Crippen LogP contribution in [0, 0.1) is 12.3 Å². The lowest BCUT2D eigenvalue weighted by Gasteiger charge is -2.37. The van der Waals surface area contributed by atoms with Gasteiger partial charge in [0, 0.05) is 19.0 Å². The highest BCUT2D eigenvalue weighted by atomic mass is 16.1. The molecular formula is C12H18N2O. The Balaban J connectivity index is 2.29. The number of hydrogen-bond donors (Lipinski definition) is 0. The fraction of sp³-hybridized carbons (Fsp3) is 0.667. The molecule has 3 nitrogen and oxygen atoms in total. The van der Waals surface area contributed by atoms with E-state index in [4.69, 9.17) is 0 Å². The minimum Gasteiger partial charge on any atom is -0.300 e. The molecule has 0 N–H and O–H groups in total. The second kappa shape index (κ2) is 3.47. The van der Waals surface area contributed by atoms with E-state index in [0.29, 0.717) is 12.2 Å². The molecule has 0 radical (unpaired) electrons. The molecule has 0 saturated heterocycles. The van der Waals surface area contributed by atoms with E-state index in [9.17, 15) is 4.79 Å². The van der Waals surface area contributed by atoms with Gasteiger partial charge in [-0.2, -0.15) is 5.10 Å². The van der Waals surface area contributed by atoms with Crippen molar-refractivity contribution in [2.75, 3.05) is 0 Å². The number of rotatable bonds is 1. The standard InChI is InChI=1S/C12H18N2O/c1-9-5-7-14(13-9)11-8-10(15)4-6-12(11,2)3/h5,7,11H,4,6,8H2,1-3H3. The number of carbonyl (C=O) groups is 1. The van der Waals surface area contributed by atoms with E-state index >= 15 is 0 Å². The third-order valence-corrected chi connectivity index (χ3v) is 3.43. The average molecular weight is 206 g/mol. The largest absolute Gasteiger partial charge is 0.300 e. The summed E-state index contributed by atoms with van der Waals surface area (Å²) in [5, 5.41) is 4.43. The molecule has 3 heteroatoms. The van der Waals surface area contributed by atoms with Crippen LogP contribution >= 0.6 is 0 Å². The number of hydrogen-bond acceptors (Lipinski definition) is 2. The zero-order valence-corrected chi connectivity index (χ0v) is 9.66. The summed E-state index contributed by atoms with van der Waals surface area (Å²) in [6.45, 7) is 6.43. The maximum absolute atomic E-state index is 11.5. The van der Waals surface area contributed by atoms with Crippen LogP contribution in [0.1, 0.15) is 44.8 Å². The van der Waals surface area contributed by atoms with Crippen molar-refractivity contribution >= 4 is 5.78 Å². The highest BCUT2D eigenvalue weighted by Crippen LogP contribution is 2.41. The molecule has 82 valence electrons. The van der Waals surface area contributed by atoms with Crippen molar-refractivity contribution in [1.29, 1.82) is 0 Å². The molecule has 1 heterocycles. The van der Waals surface area contributed by atoms with Gasteiger partial charge in [-0.05, 0) is 24.8 Å². The maximum atomic E-state index is 11.5. The molecule has 0 bridgehead atoms. The lowest BCUT2D eigenvalue weighted by molar-refractivity contribution is -0.124. The van der Waals surface area contributed by atoms with Crippen molar-refractivity contribution in [2.45, 2.75) is 46.1 Å². The summed E-state index contributed by atoms with van der Waals surface area (Å²) in [7, 11) is 0. The Morgan fingerprint density at radius 1 is 1.53 bits per heavy atom. The Morgan fingerprint density at radius 3 is 2.87 bits per heavy atom. The predicted octanol–water partition coefficient (Wildman–Crippen LogP) is 2.51. The van der Waals surface area contributed by atoms with Crippen LogP contribution in [0.5, 0.6) is 0 Å². The molecule has 0 aromatic carbocycles. The quantitative estimate of drug-likeness (QED) is 0.707. The summed E-state index contributed by atoms with van der Waals surface area (Å²) in [4.78, 5) is 11.5. The van der Waals surface area contributed by atoms with Crippen LogP contribution in [0.15, 0.2) is 12.3 Å². The van der Waals surface area contributed by atoms with Gasteiger partial charge >= 0.3 is 0 Å². The summed E-state index contributed by atoms with van der Waals surface area (Å²) < 4.78 is 1.96. The summed E-state index contributed by atoms with van der Waals surface area (Å²) in [6, 6.07) is 2.22. The van der Waals surface area contributed by atoms with Crippen LogP contribution in [0.25, 0.3) is 0 Å². The van der Waals surface area contributed by atoms with Crippen LogP contribution in [0.4, 0.5) is 0 Å². The number of nitrogens with zero attached hydrogens (tertiary/aromatic N) is 2. The lowest BCUT2D eigenvalue weighted by Crippen LogP contribution is -2.34. The predicted molar refractivity (Wildman–Crippen MR) is 58.6 cm³/mol. The third-order valence-electron chi connectivity index (χ3n) is 3.43. The molecule has 1 unspecified atom stereocenters. The Labute approximate surface area is 90.5 Å². The molecular weight excluding hydrogens is 188 g/mol. The molecule has 1 fully saturated rings. The van der Waals surface area contributed by atoms with Gasteiger partial charge in [-0.15, -0.1) is 0 Å². The third kappa shape index (κ3) is 1.96. The molecule has 1 aliphatic rings. The van der Waals surface area contributed by atoms with Gasteiger partial charge in [0.15, 0.2) is 0 Å². The van der Waals surface area contributed by atoms with Gasteiger partial charge in [-0.3, -0.25) is 9.48 Å². The molecule has 1 atom stereocenters. The van der Waals surface area contributed by atoms with E-state index in [2.05, 4.69) is 18.9 Å². The van der Waals surface area contributed by atoms with Gasteiger partial charge < -0.3 is 0 Å². The van der Waals surface area contributed by atoms with Gasteiger partial charge in [0.2, 0.25) is 0 Å². The van der Waals surface area contributed by atoms with Gasteiger partial charge in [0.05, 0.1) is 11.7 Å². The normalized spacial score (nSPS) is 25.5. The summed E-state index contributed by atoms with van der Waals surface area (Å²) in [6.07, 6.45) is 4.31. The van der Waals surface area contributed by atoms with E-state index in [1.54, 1.807) is 0 Å². The highest BCUT2D eigenvalue weighted by molar-refractivity contribution is 5.79. The smallest absolute Gasteiger partial charge is 0.135 e. The minimum atomic E-state index is 0.173. The first-order chi connectivity index (χ1) is 6.99. The van der Waals surface area contributed by atoms with E-state index in [1.165, 1.54) is 0 Å². The Morgan fingerprint density at radius 2 is 2.27 bits per heavy atom. The first kappa shape index (κ1) is 10.4. The number of Topliss-reactive ketones (excluding diaryl/α,β-unsaturated/α-hetero) is 1. The molecule has 15 heavy (non-hydrogen) atoms. The average Bonchev–Trinajstić information content (AvgIpc) is 2.56. The van der Waals surface area contributed by atoms with Crippen molar-refractivity contribution in [3.8, 4) is 0 Å². The first-order valence-corrected chi connectivity index (χ1v) is 5.52. The Bertz CT molecular complexity index is 379. The SMILES string of the molecule is Cc1ccn(C2CC(=O)CCC2(C)C)n1. The van der Waals surface area contributed by atoms with E-state index < -0.39 is 0 Å². The zero-order valence-electron chi connectivity index (χ0n) is 9.66. The van der Waals surface area contributed by atoms with Crippen molar-refractivity contribution in [1.82, 2.24) is 9.78 Å². The molecule has 1 saturated carbocycles. The van der Waals surface area contributed by atoms with Gasteiger partial charge in [0.25, 0.3) is 0 Å². The van der Waals surface area contributed by atoms with E-state index in [1.807, 2.05) is 23.9 Å². The molecule has 0 aliphatic heterocycles. The second-order valence-corrected chi connectivity index (χ2v) is 5.18. The first-order valence-electron chi connectivity index (χ1n) is 5.52. The molecule has 2 rings (SSSR count). The van der Waals surface area contributed by atoms with Crippen molar-refractivity contribution in [2.24, 2.45) is 5.41 Å². The van der Waals surface area contributed by atoms with E-state index in [-0.39, 0.29) is 11.5 Å². The van der Waals surface area contributed by atoms with Crippen molar-refractivity contribution in [3.05, 3.63) is 18.0 Å². The fourth-order valence-electron chi connectivity index (χ4n) is 2.28. The summed E-state index contributed by atoms with van der Waals surface area (Å²) in [5.41, 5.74) is 1.19. The van der Waals surface area contributed by atoms with Crippen LogP contribution in [0.2, 0.25) is 0 Å². The molecule has 0 spiro atoms. The van der Waals surface area contributed by atoms with Gasteiger partial charge in [-0.25, -0.2) is 0 Å². The zero-order chi connectivity index (χ0) is 11.1. The number of carbonyl (C=O) groups excluding carboxylic acids is 1. The van der Waals surface area contributed by atoms with Crippen molar-refractivity contribution in [3.63, 3.8) is 0 Å². The summed E-state index contributed by atoms with van der Waals surface area (Å²) >= 11 is 0. The molecule has 1 aromatic heterocycles. The van der Waals surface area contributed by atoms with Crippen LogP contribution in [-0.2, 0) is 4.79 Å². The molecule has 0 amide bonds. The Hall–Kier alpha value is -1.12. The fourth-order valence-corrected chi connectivity index (χ4v) is 2.28. The number of aromatic nitrogens is 2. The van der Waals surface area contributed by atoms with Crippen LogP contribution in [0.3, 0.4) is 0 Å². The topological polar surface area (TPSA) is 34.9 Å². The minimum absolute atomic E-state index is 0.173. The number of aryl methyl sites for hydroxylation is 1. The van der Waals surface area contributed by atoms with Crippen molar-refractivity contribution < 1.29 is 4.79 Å². The van der Waals surface area contributed by atoms with Gasteiger partial charge in [-0.1, -0.05) is 13.8 Å². The Kier molecular flexibility index (Phi) is 2.41. The lowest BCUT2D eigenvalue weighted by atomic mass is 9.73. The highest BCUT2D eigenvalue weighted by Gasteiger charge is 2.37. The molecule has 1 aliphatic carbocycles.